The average Bonchev–Trinajstić information content (AvgIpc) is 3.42. The van der Waals surface area contributed by atoms with E-state index in [4.69, 9.17) is 8.83 Å². The normalized spacial score (nSPS) is 11.5. The van der Waals surface area contributed by atoms with Gasteiger partial charge in [0.1, 0.15) is 17.9 Å². The van der Waals surface area contributed by atoms with Crippen LogP contribution in [0.2, 0.25) is 0 Å². The number of halogens is 3. The van der Waals surface area contributed by atoms with E-state index in [0.29, 0.717) is 16.7 Å². The SMILES string of the molecule is O=C(CN(Cc1ccco1)C(=O)c1cc2ccccc2o1)Nc1ccccc1C(F)(F)F. The molecule has 0 bridgehead atoms. The highest BCUT2D eigenvalue weighted by atomic mass is 19.4. The fraction of sp³-hybridized carbons (Fsp3) is 0.130. The van der Waals surface area contributed by atoms with Gasteiger partial charge in [0.2, 0.25) is 5.91 Å². The van der Waals surface area contributed by atoms with Crippen molar-refractivity contribution in [2.75, 3.05) is 11.9 Å². The van der Waals surface area contributed by atoms with Crippen LogP contribution in [0.4, 0.5) is 18.9 Å². The molecule has 1 N–H and O–H groups in total. The molecule has 0 unspecified atom stereocenters. The first-order valence-corrected chi connectivity index (χ1v) is 9.57. The highest BCUT2D eigenvalue weighted by molar-refractivity contribution is 6.00. The van der Waals surface area contributed by atoms with E-state index in [1.165, 1.54) is 18.4 Å². The Hall–Kier alpha value is -4.01. The van der Waals surface area contributed by atoms with Gasteiger partial charge in [-0.05, 0) is 36.4 Å². The average molecular weight is 442 g/mol. The van der Waals surface area contributed by atoms with Crippen LogP contribution >= 0.6 is 0 Å². The highest BCUT2D eigenvalue weighted by Gasteiger charge is 2.34. The molecule has 0 atom stereocenters. The molecule has 0 aliphatic heterocycles. The topological polar surface area (TPSA) is 75.7 Å². The van der Waals surface area contributed by atoms with E-state index < -0.39 is 30.1 Å². The Morgan fingerprint density at radius 1 is 0.969 bits per heavy atom. The van der Waals surface area contributed by atoms with Gasteiger partial charge < -0.3 is 19.1 Å². The molecule has 2 aromatic carbocycles. The van der Waals surface area contributed by atoms with Gasteiger partial charge >= 0.3 is 6.18 Å². The Balaban J connectivity index is 1.57. The lowest BCUT2D eigenvalue weighted by atomic mass is 10.1. The Bertz CT molecular complexity index is 1210. The summed E-state index contributed by atoms with van der Waals surface area (Å²) in [5.41, 5.74) is -0.869. The van der Waals surface area contributed by atoms with Crippen molar-refractivity contribution in [3.8, 4) is 0 Å². The molecule has 2 amide bonds. The molecule has 2 aromatic heterocycles. The first-order valence-electron chi connectivity index (χ1n) is 9.57. The van der Waals surface area contributed by atoms with E-state index in [1.54, 1.807) is 42.5 Å². The number of benzene rings is 2. The molecular formula is C23H17F3N2O4. The number of nitrogens with one attached hydrogen (secondary N) is 1. The lowest BCUT2D eigenvalue weighted by Crippen LogP contribution is -2.37. The summed E-state index contributed by atoms with van der Waals surface area (Å²) in [5, 5.41) is 2.95. The molecule has 0 fully saturated rings. The van der Waals surface area contributed by atoms with E-state index in [9.17, 15) is 22.8 Å². The zero-order valence-electron chi connectivity index (χ0n) is 16.6. The van der Waals surface area contributed by atoms with Crippen LogP contribution in [0.5, 0.6) is 0 Å². The van der Waals surface area contributed by atoms with Crippen molar-refractivity contribution in [1.29, 1.82) is 0 Å². The van der Waals surface area contributed by atoms with Crippen LogP contribution in [-0.2, 0) is 17.5 Å². The van der Waals surface area contributed by atoms with Crippen molar-refractivity contribution < 1.29 is 31.6 Å². The smallest absolute Gasteiger partial charge is 0.418 e. The van der Waals surface area contributed by atoms with Crippen LogP contribution in [0, 0.1) is 0 Å². The second kappa shape index (κ2) is 8.62. The van der Waals surface area contributed by atoms with Gasteiger partial charge in [0.15, 0.2) is 5.76 Å². The summed E-state index contributed by atoms with van der Waals surface area (Å²) in [5.74, 6) is -0.992. The summed E-state index contributed by atoms with van der Waals surface area (Å²) in [4.78, 5) is 26.8. The van der Waals surface area contributed by atoms with Crippen LogP contribution in [0.15, 0.2) is 81.8 Å². The summed E-state index contributed by atoms with van der Waals surface area (Å²) in [6, 6.07) is 16.4. The van der Waals surface area contributed by atoms with Gasteiger partial charge in [-0.2, -0.15) is 13.2 Å². The molecule has 0 radical (unpaired) electrons. The summed E-state index contributed by atoms with van der Waals surface area (Å²) >= 11 is 0. The highest BCUT2D eigenvalue weighted by Crippen LogP contribution is 2.34. The van der Waals surface area contributed by atoms with Gasteiger partial charge in [0.05, 0.1) is 24.1 Å². The number of rotatable bonds is 6. The molecular weight excluding hydrogens is 425 g/mol. The second-order valence-corrected chi connectivity index (χ2v) is 6.98. The molecule has 9 heteroatoms. The summed E-state index contributed by atoms with van der Waals surface area (Å²) in [6.07, 6.45) is -3.22. The van der Waals surface area contributed by atoms with E-state index in [1.807, 2.05) is 0 Å². The van der Waals surface area contributed by atoms with Gasteiger partial charge in [-0.3, -0.25) is 9.59 Å². The molecule has 0 saturated carbocycles. The molecule has 6 nitrogen and oxygen atoms in total. The predicted octanol–water partition coefficient (Wildman–Crippen LogP) is 5.33. The van der Waals surface area contributed by atoms with Gasteiger partial charge in [0.25, 0.3) is 5.91 Å². The van der Waals surface area contributed by atoms with Crippen LogP contribution in [-0.4, -0.2) is 23.3 Å². The fourth-order valence-electron chi connectivity index (χ4n) is 3.24. The molecule has 4 aromatic rings. The third-order valence-corrected chi connectivity index (χ3v) is 4.69. The van der Waals surface area contributed by atoms with Crippen molar-refractivity contribution in [3.05, 3.63) is 90.1 Å². The monoisotopic (exact) mass is 442 g/mol. The Morgan fingerprint density at radius 3 is 2.44 bits per heavy atom. The molecule has 0 spiro atoms. The molecule has 4 rings (SSSR count). The minimum atomic E-state index is -4.64. The van der Waals surface area contributed by atoms with E-state index >= 15 is 0 Å². The maximum atomic E-state index is 13.2. The number of alkyl halides is 3. The number of hydrogen-bond donors (Lipinski definition) is 1. The van der Waals surface area contributed by atoms with Gasteiger partial charge in [-0.1, -0.05) is 30.3 Å². The molecule has 0 aliphatic carbocycles. The minimum Gasteiger partial charge on any atom is -0.467 e. The van der Waals surface area contributed by atoms with Crippen LogP contribution in [0.1, 0.15) is 21.9 Å². The summed E-state index contributed by atoms with van der Waals surface area (Å²) in [6.45, 7) is -0.583. The third kappa shape index (κ3) is 4.66. The number of anilines is 1. The number of furan rings is 2. The predicted molar refractivity (Wildman–Crippen MR) is 110 cm³/mol. The van der Waals surface area contributed by atoms with Gasteiger partial charge in [-0.15, -0.1) is 0 Å². The Kier molecular flexibility index (Phi) is 5.72. The maximum Gasteiger partial charge on any atom is 0.418 e. The molecule has 32 heavy (non-hydrogen) atoms. The maximum absolute atomic E-state index is 13.2. The van der Waals surface area contributed by atoms with Crippen molar-refractivity contribution in [1.82, 2.24) is 4.90 Å². The first-order chi connectivity index (χ1) is 15.3. The Morgan fingerprint density at radius 2 is 1.72 bits per heavy atom. The fourth-order valence-corrected chi connectivity index (χ4v) is 3.24. The lowest BCUT2D eigenvalue weighted by molar-refractivity contribution is -0.137. The summed E-state index contributed by atoms with van der Waals surface area (Å²) < 4.78 is 50.5. The van der Waals surface area contributed by atoms with Crippen LogP contribution < -0.4 is 5.32 Å². The standard InChI is InChI=1S/C23H17F3N2O4/c24-23(25,26)17-8-2-3-9-18(17)27-21(29)14-28(13-16-7-5-11-31-16)22(30)20-12-15-6-1-4-10-19(15)32-20/h1-12H,13-14H2,(H,27,29). The number of nitrogens with zero attached hydrogens (tertiary/aromatic N) is 1. The minimum absolute atomic E-state index is 0.00116. The quantitative estimate of drug-likeness (QED) is 0.438. The number of fused-ring (bicyclic) bond motifs is 1. The van der Waals surface area contributed by atoms with Crippen molar-refractivity contribution in [2.24, 2.45) is 0 Å². The summed E-state index contributed by atoms with van der Waals surface area (Å²) in [7, 11) is 0. The largest absolute Gasteiger partial charge is 0.467 e. The second-order valence-electron chi connectivity index (χ2n) is 6.98. The molecule has 0 aliphatic rings. The molecule has 2 heterocycles. The van der Waals surface area contributed by atoms with Crippen molar-refractivity contribution >= 4 is 28.5 Å². The number of carbonyl (C=O) groups excluding carboxylic acids is 2. The van der Waals surface area contributed by atoms with E-state index in [-0.39, 0.29) is 18.0 Å². The molecule has 164 valence electrons. The van der Waals surface area contributed by atoms with Crippen LogP contribution in [0.3, 0.4) is 0 Å². The van der Waals surface area contributed by atoms with Crippen molar-refractivity contribution in [3.63, 3.8) is 0 Å². The Labute approximate surface area is 180 Å². The van der Waals surface area contributed by atoms with Gasteiger partial charge in [0, 0.05) is 5.39 Å². The number of carbonyl (C=O) groups is 2. The number of para-hydroxylation sites is 2. The molecule has 0 saturated heterocycles. The number of amides is 2. The van der Waals surface area contributed by atoms with Crippen LogP contribution in [0.25, 0.3) is 11.0 Å². The van der Waals surface area contributed by atoms with Gasteiger partial charge in [-0.25, -0.2) is 0 Å². The number of hydrogen-bond acceptors (Lipinski definition) is 4. The van der Waals surface area contributed by atoms with E-state index in [0.717, 1.165) is 17.0 Å². The third-order valence-electron chi connectivity index (χ3n) is 4.69. The zero-order valence-corrected chi connectivity index (χ0v) is 16.6. The van der Waals surface area contributed by atoms with Crippen molar-refractivity contribution in [2.45, 2.75) is 12.7 Å². The van der Waals surface area contributed by atoms with E-state index in [2.05, 4.69) is 5.32 Å². The zero-order chi connectivity index (χ0) is 22.7. The lowest BCUT2D eigenvalue weighted by Gasteiger charge is -2.21. The first kappa shape index (κ1) is 21.2.